The van der Waals surface area contributed by atoms with Gasteiger partial charge in [-0.05, 0) is 13.3 Å². The average Bonchev–Trinajstić information content (AvgIpc) is 2.30. The molecular formula is C18H40O2Rh. The van der Waals surface area contributed by atoms with Crippen LogP contribution in [0.2, 0.25) is 0 Å². The molecular weight excluding hydrogens is 351 g/mol. The predicted molar refractivity (Wildman–Crippen MR) is 91.6 cm³/mol. The van der Waals surface area contributed by atoms with E-state index in [1.165, 1.54) is 51.4 Å². The van der Waals surface area contributed by atoms with E-state index in [9.17, 15) is 0 Å². The van der Waals surface area contributed by atoms with Crippen molar-refractivity contribution in [2.45, 2.75) is 98.5 Å². The largest absolute Gasteiger partial charge is 2.00 e. The van der Waals surface area contributed by atoms with Crippen LogP contribution in [0.3, 0.4) is 0 Å². The maximum Gasteiger partial charge on any atom is 2.00 e. The number of hydrogen-bond acceptors (Lipinski definition) is 2. The maximum atomic E-state index is 8.39. The number of hydrogen-bond donors (Lipinski definition) is 2. The van der Waals surface area contributed by atoms with Gasteiger partial charge in [0.1, 0.15) is 0 Å². The first-order chi connectivity index (χ1) is 9.60. The van der Waals surface area contributed by atoms with Crippen LogP contribution >= 0.6 is 0 Å². The third-order valence-electron chi connectivity index (χ3n) is 2.55. The van der Waals surface area contributed by atoms with E-state index in [1.54, 1.807) is 6.92 Å². The number of rotatable bonds is 2. The molecule has 1 aliphatic carbocycles. The molecule has 0 saturated heterocycles. The molecule has 1 saturated carbocycles. The van der Waals surface area contributed by atoms with Gasteiger partial charge in [0.15, 0.2) is 0 Å². The van der Waals surface area contributed by atoms with Gasteiger partial charge < -0.3 is 23.1 Å². The second-order valence-electron chi connectivity index (χ2n) is 5.34. The fourth-order valence-corrected chi connectivity index (χ4v) is 1.60. The van der Waals surface area contributed by atoms with E-state index < -0.39 is 0 Å². The smallest absolute Gasteiger partial charge is 0.396 e. The quantitative estimate of drug-likeness (QED) is 0.493. The Kier molecular flexibility index (Phi) is 45.7. The van der Waals surface area contributed by atoms with Crippen LogP contribution in [0.5, 0.6) is 0 Å². The van der Waals surface area contributed by atoms with Crippen molar-refractivity contribution in [2.24, 2.45) is 0 Å². The molecule has 1 rings (SSSR count). The van der Waals surface area contributed by atoms with Crippen LogP contribution in [0.4, 0.5) is 0 Å². The Balaban J connectivity index is -0.0000000995. The molecule has 133 valence electrons. The topological polar surface area (TPSA) is 40.5 Å². The number of aliphatic hydroxyl groups is 2. The summed E-state index contributed by atoms with van der Waals surface area (Å²) in [7, 11) is 0. The molecule has 0 heterocycles. The first kappa shape index (κ1) is 29.5. The third-order valence-corrected chi connectivity index (χ3v) is 2.55. The summed E-state index contributed by atoms with van der Waals surface area (Å²) < 4.78 is 0. The first-order valence-electron chi connectivity index (χ1n) is 8.37. The predicted octanol–water partition coefficient (Wildman–Crippen LogP) is 5.33. The molecule has 0 aromatic heterocycles. The Hall–Kier alpha value is 0.543. The summed E-state index contributed by atoms with van der Waals surface area (Å²) in [6.45, 7) is 9.73. The minimum absolute atomic E-state index is 0. The molecule has 3 heteroatoms. The van der Waals surface area contributed by atoms with Crippen molar-refractivity contribution in [3.8, 4) is 0 Å². The van der Waals surface area contributed by atoms with Crippen LogP contribution in [0.1, 0.15) is 92.4 Å². The Morgan fingerprint density at radius 2 is 0.952 bits per heavy atom. The van der Waals surface area contributed by atoms with Crippen molar-refractivity contribution in [3.63, 3.8) is 0 Å². The van der Waals surface area contributed by atoms with Gasteiger partial charge in [0, 0.05) is 6.61 Å². The molecule has 21 heavy (non-hydrogen) atoms. The van der Waals surface area contributed by atoms with E-state index in [0.717, 1.165) is 0 Å². The van der Waals surface area contributed by atoms with E-state index in [-0.39, 0.29) is 32.2 Å². The van der Waals surface area contributed by atoms with Gasteiger partial charge in [-0.3, -0.25) is 0 Å². The van der Waals surface area contributed by atoms with Crippen LogP contribution in [-0.2, 0) is 19.5 Å². The van der Waals surface area contributed by atoms with Crippen molar-refractivity contribution in [1.82, 2.24) is 0 Å². The standard InChI is InChI=1S/C8H16.C4H10O2.2C3H7.Rh/c1-2-4-6-8-7-5-3-1;1-4(6)2-3-5;2*1-3-2;/h1-8H2;4-6H,2-3H2,1H3;2*3H,1-2H3;/q;;2*-1;+2. The van der Waals surface area contributed by atoms with Crippen LogP contribution in [0.15, 0.2) is 0 Å². The SMILES string of the molecule is C1CCCCCCC1.CC(O)CCO.C[CH-]C.C[CH-]C.[Rh+2]. The molecule has 1 unspecified atom stereocenters. The molecule has 1 atom stereocenters. The summed E-state index contributed by atoms with van der Waals surface area (Å²) in [6.07, 6.45) is 16.1. The average molecular weight is 391 g/mol. The summed E-state index contributed by atoms with van der Waals surface area (Å²) in [4.78, 5) is 0. The van der Waals surface area contributed by atoms with Gasteiger partial charge in [-0.25, -0.2) is 0 Å². The fourth-order valence-electron chi connectivity index (χ4n) is 1.60. The first-order valence-corrected chi connectivity index (χ1v) is 8.37. The van der Waals surface area contributed by atoms with Gasteiger partial charge in [0.25, 0.3) is 0 Å². The van der Waals surface area contributed by atoms with E-state index in [2.05, 4.69) is 0 Å². The van der Waals surface area contributed by atoms with E-state index in [1.807, 2.05) is 40.5 Å². The minimum atomic E-state index is -0.352. The van der Waals surface area contributed by atoms with Crippen molar-refractivity contribution >= 4 is 0 Å². The summed E-state index contributed by atoms with van der Waals surface area (Å²) in [5, 5.41) is 16.5. The summed E-state index contributed by atoms with van der Waals surface area (Å²) >= 11 is 0. The van der Waals surface area contributed by atoms with Crippen molar-refractivity contribution in [1.29, 1.82) is 0 Å². The molecule has 2 nitrogen and oxygen atoms in total. The van der Waals surface area contributed by atoms with Gasteiger partial charge in [0.2, 0.25) is 0 Å². The second-order valence-corrected chi connectivity index (χ2v) is 5.34. The maximum absolute atomic E-state index is 8.39. The molecule has 0 spiro atoms. The second kappa shape index (κ2) is 32.5. The zero-order valence-electron chi connectivity index (χ0n) is 15.0. The van der Waals surface area contributed by atoms with E-state index in [0.29, 0.717) is 6.42 Å². The van der Waals surface area contributed by atoms with E-state index in [4.69, 9.17) is 10.2 Å². The van der Waals surface area contributed by atoms with Gasteiger partial charge in [-0.15, -0.1) is 0 Å². The van der Waals surface area contributed by atoms with E-state index >= 15 is 0 Å². The van der Waals surface area contributed by atoms with Crippen LogP contribution < -0.4 is 0 Å². The van der Waals surface area contributed by atoms with Gasteiger partial charge in [0.05, 0.1) is 6.10 Å². The molecule has 0 aromatic carbocycles. The molecule has 0 amide bonds. The third kappa shape index (κ3) is 53.0. The summed E-state index contributed by atoms with van der Waals surface area (Å²) in [6, 6.07) is 0. The van der Waals surface area contributed by atoms with Crippen molar-refractivity contribution < 1.29 is 29.7 Å². The van der Waals surface area contributed by atoms with Crippen LogP contribution in [0, 0.1) is 12.8 Å². The summed E-state index contributed by atoms with van der Waals surface area (Å²) in [5.74, 6) is 0. The van der Waals surface area contributed by atoms with Gasteiger partial charge in [-0.1, -0.05) is 51.4 Å². The molecule has 1 fully saturated rings. The van der Waals surface area contributed by atoms with Crippen LogP contribution in [0.25, 0.3) is 0 Å². The summed E-state index contributed by atoms with van der Waals surface area (Å²) in [5.41, 5.74) is 0. The van der Waals surface area contributed by atoms with Crippen LogP contribution in [-0.4, -0.2) is 22.9 Å². The molecule has 0 aliphatic heterocycles. The normalized spacial score (nSPS) is 15.0. The Morgan fingerprint density at radius 3 is 1.00 bits per heavy atom. The molecule has 0 aromatic rings. The zero-order chi connectivity index (χ0) is 16.1. The van der Waals surface area contributed by atoms with Gasteiger partial charge >= 0.3 is 19.5 Å². The van der Waals surface area contributed by atoms with Gasteiger partial charge in [-0.2, -0.15) is 27.7 Å². The number of aliphatic hydroxyl groups excluding tert-OH is 2. The molecule has 2 N–H and O–H groups in total. The van der Waals surface area contributed by atoms with Crippen molar-refractivity contribution in [3.05, 3.63) is 12.8 Å². The Labute approximate surface area is 147 Å². The Bertz CT molecular complexity index is 104. The zero-order valence-corrected chi connectivity index (χ0v) is 16.7. The molecule has 1 aliphatic rings. The fraction of sp³-hybridized carbons (Fsp3) is 0.889. The monoisotopic (exact) mass is 391 g/mol. The molecule has 0 bridgehead atoms. The Morgan fingerprint density at radius 1 is 0.762 bits per heavy atom. The van der Waals surface area contributed by atoms with Crippen molar-refractivity contribution in [2.75, 3.05) is 6.61 Å². The molecule has 1 radical (unpaired) electrons. The minimum Gasteiger partial charge on any atom is -0.396 e.